The van der Waals surface area contributed by atoms with Crippen molar-refractivity contribution in [1.29, 1.82) is 0 Å². The summed E-state index contributed by atoms with van der Waals surface area (Å²) in [4.78, 5) is 29.1. The predicted octanol–water partition coefficient (Wildman–Crippen LogP) is 3.06. The van der Waals surface area contributed by atoms with Crippen molar-refractivity contribution in [2.45, 2.75) is 64.3 Å². The minimum absolute atomic E-state index is 0.123. The number of hydrogen-bond acceptors (Lipinski definition) is 2. The molecule has 4 nitrogen and oxygen atoms in total. The maximum absolute atomic E-state index is 12.9. The number of carbonyl (C=O) groups excluding carboxylic acids is 2. The highest BCUT2D eigenvalue weighted by molar-refractivity contribution is 5.84. The van der Waals surface area contributed by atoms with Gasteiger partial charge in [0.05, 0.1) is 0 Å². The fraction of sp³-hybridized carbons (Fsp3) is 0.882. The maximum atomic E-state index is 12.9. The molecule has 118 valence electrons. The second-order valence-corrected chi connectivity index (χ2v) is 7.17. The summed E-state index contributed by atoms with van der Waals surface area (Å²) in [6.45, 7) is 4.89. The molecule has 0 bridgehead atoms. The van der Waals surface area contributed by atoms with E-state index >= 15 is 0 Å². The van der Waals surface area contributed by atoms with E-state index in [-0.39, 0.29) is 18.0 Å². The van der Waals surface area contributed by atoms with Crippen LogP contribution in [0.2, 0.25) is 0 Å². The van der Waals surface area contributed by atoms with Crippen molar-refractivity contribution in [3.05, 3.63) is 0 Å². The van der Waals surface area contributed by atoms with Crippen LogP contribution in [0.4, 0.5) is 4.79 Å². The standard InChI is InChI=1S/C17H28N2O2/c1-13-8-11-18(12-9-13)17(21)19-10-3-2-6-15(19)14-5-4-7-16(14)20/h13-15H,2-12H2,1H3. The van der Waals surface area contributed by atoms with E-state index in [1.807, 2.05) is 9.80 Å². The first-order valence-corrected chi connectivity index (χ1v) is 8.75. The van der Waals surface area contributed by atoms with Gasteiger partial charge in [0.25, 0.3) is 0 Å². The highest BCUT2D eigenvalue weighted by Gasteiger charge is 2.40. The molecule has 0 radical (unpaired) electrons. The summed E-state index contributed by atoms with van der Waals surface area (Å²) in [5, 5.41) is 0. The lowest BCUT2D eigenvalue weighted by Gasteiger charge is -2.42. The summed E-state index contributed by atoms with van der Waals surface area (Å²) < 4.78 is 0. The molecule has 0 aromatic carbocycles. The third-order valence-corrected chi connectivity index (χ3v) is 5.67. The number of Topliss-reactive ketones (excluding diaryl/α,β-unsaturated/α-hetero) is 1. The number of carbonyl (C=O) groups is 2. The third kappa shape index (κ3) is 3.09. The zero-order chi connectivity index (χ0) is 14.8. The SMILES string of the molecule is CC1CCN(C(=O)N2CCCCC2C2CCCC2=O)CC1. The van der Waals surface area contributed by atoms with Crippen LogP contribution in [0.3, 0.4) is 0 Å². The van der Waals surface area contributed by atoms with E-state index in [0.29, 0.717) is 5.78 Å². The fourth-order valence-electron chi connectivity index (χ4n) is 4.24. The van der Waals surface area contributed by atoms with Crippen LogP contribution in [0.15, 0.2) is 0 Å². The van der Waals surface area contributed by atoms with Crippen molar-refractivity contribution in [2.75, 3.05) is 19.6 Å². The molecule has 4 heteroatoms. The van der Waals surface area contributed by atoms with E-state index < -0.39 is 0 Å². The van der Waals surface area contributed by atoms with Gasteiger partial charge in [-0.25, -0.2) is 4.79 Å². The first-order chi connectivity index (χ1) is 10.2. The van der Waals surface area contributed by atoms with Gasteiger partial charge in [-0.05, 0) is 50.9 Å². The molecule has 2 amide bonds. The zero-order valence-corrected chi connectivity index (χ0v) is 13.2. The summed E-state index contributed by atoms with van der Waals surface area (Å²) >= 11 is 0. The largest absolute Gasteiger partial charge is 0.325 e. The van der Waals surface area contributed by atoms with Crippen LogP contribution in [0, 0.1) is 11.8 Å². The number of piperidine rings is 2. The third-order valence-electron chi connectivity index (χ3n) is 5.67. The van der Waals surface area contributed by atoms with Gasteiger partial charge in [-0.1, -0.05) is 6.92 Å². The Morgan fingerprint density at radius 1 is 1.00 bits per heavy atom. The average Bonchev–Trinajstić information content (AvgIpc) is 2.93. The van der Waals surface area contributed by atoms with Crippen molar-refractivity contribution < 1.29 is 9.59 Å². The van der Waals surface area contributed by atoms with Crippen LogP contribution in [0.5, 0.6) is 0 Å². The number of hydrogen-bond donors (Lipinski definition) is 0. The van der Waals surface area contributed by atoms with E-state index in [9.17, 15) is 9.59 Å². The van der Waals surface area contributed by atoms with E-state index in [0.717, 1.165) is 76.9 Å². The minimum atomic E-state index is 0.123. The van der Waals surface area contributed by atoms with Crippen molar-refractivity contribution in [3.63, 3.8) is 0 Å². The molecule has 3 fully saturated rings. The predicted molar refractivity (Wildman–Crippen MR) is 82.1 cm³/mol. The Morgan fingerprint density at radius 3 is 2.43 bits per heavy atom. The van der Waals surface area contributed by atoms with Crippen LogP contribution in [-0.4, -0.2) is 47.3 Å². The molecule has 2 atom stereocenters. The molecule has 2 heterocycles. The molecule has 1 aliphatic carbocycles. The van der Waals surface area contributed by atoms with Crippen LogP contribution in [0.1, 0.15) is 58.3 Å². The summed E-state index contributed by atoms with van der Waals surface area (Å²) in [6.07, 6.45) is 8.24. The average molecular weight is 292 g/mol. The van der Waals surface area contributed by atoms with Gasteiger partial charge < -0.3 is 9.80 Å². The van der Waals surface area contributed by atoms with Gasteiger partial charge in [-0.3, -0.25) is 4.79 Å². The highest BCUT2D eigenvalue weighted by Crippen LogP contribution is 2.33. The second kappa shape index (κ2) is 6.37. The van der Waals surface area contributed by atoms with Gasteiger partial charge >= 0.3 is 6.03 Å². The Kier molecular flexibility index (Phi) is 4.51. The van der Waals surface area contributed by atoms with Crippen molar-refractivity contribution in [2.24, 2.45) is 11.8 Å². The normalized spacial score (nSPS) is 31.8. The first kappa shape index (κ1) is 14.9. The number of amides is 2. The lowest BCUT2D eigenvalue weighted by Crippen LogP contribution is -2.54. The molecule has 1 saturated carbocycles. The molecular formula is C17H28N2O2. The Hall–Kier alpha value is -1.06. The minimum Gasteiger partial charge on any atom is -0.325 e. The molecule has 3 aliphatic rings. The van der Waals surface area contributed by atoms with E-state index in [4.69, 9.17) is 0 Å². The molecule has 21 heavy (non-hydrogen) atoms. The molecular weight excluding hydrogens is 264 g/mol. The molecule has 2 unspecified atom stereocenters. The Bertz CT molecular complexity index is 402. The van der Waals surface area contributed by atoms with Crippen molar-refractivity contribution in [3.8, 4) is 0 Å². The highest BCUT2D eigenvalue weighted by atomic mass is 16.2. The summed E-state index contributed by atoms with van der Waals surface area (Å²) in [5.74, 6) is 1.26. The van der Waals surface area contributed by atoms with Gasteiger partial charge in [-0.2, -0.15) is 0 Å². The number of nitrogens with zero attached hydrogens (tertiary/aromatic N) is 2. The molecule has 2 aliphatic heterocycles. The number of urea groups is 1. The van der Waals surface area contributed by atoms with Crippen molar-refractivity contribution >= 4 is 11.8 Å². The van der Waals surface area contributed by atoms with Gasteiger partial charge in [0, 0.05) is 38.0 Å². The zero-order valence-electron chi connectivity index (χ0n) is 13.2. The number of rotatable bonds is 1. The second-order valence-electron chi connectivity index (χ2n) is 7.17. The lowest BCUT2D eigenvalue weighted by atomic mass is 9.88. The van der Waals surface area contributed by atoms with E-state index in [2.05, 4.69) is 6.92 Å². The van der Waals surface area contributed by atoms with Crippen molar-refractivity contribution in [1.82, 2.24) is 9.80 Å². The molecule has 2 saturated heterocycles. The summed E-state index contributed by atoms with van der Waals surface area (Å²) in [6, 6.07) is 0.381. The Labute approximate surface area is 127 Å². The molecule has 0 N–H and O–H groups in total. The monoisotopic (exact) mass is 292 g/mol. The molecule has 0 aromatic heterocycles. The smallest absolute Gasteiger partial charge is 0.320 e. The Morgan fingerprint density at radius 2 is 1.76 bits per heavy atom. The van der Waals surface area contributed by atoms with Crippen LogP contribution >= 0.6 is 0 Å². The quantitative estimate of drug-likeness (QED) is 0.745. The van der Waals surface area contributed by atoms with E-state index in [1.54, 1.807) is 0 Å². The van der Waals surface area contributed by atoms with E-state index in [1.165, 1.54) is 0 Å². The molecule has 0 spiro atoms. The first-order valence-electron chi connectivity index (χ1n) is 8.75. The summed E-state index contributed by atoms with van der Waals surface area (Å²) in [7, 11) is 0. The van der Waals surface area contributed by atoms with Gasteiger partial charge in [-0.15, -0.1) is 0 Å². The summed E-state index contributed by atoms with van der Waals surface area (Å²) in [5.41, 5.74) is 0. The van der Waals surface area contributed by atoms with Gasteiger partial charge in [0.15, 0.2) is 0 Å². The van der Waals surface area contributed by atoms with Crippen LogP contribution in [0.25, 0.3) is 0 Å². The molecule has 0 aromatic rings. The Balaban J connectivity index is 1.68. The fourth-order valence-corrected chi connectivity index (χ4v) is 4.24. The van der Waals surface area contributed by atoms with Gasteiger partial charge in [0.1, 0.15) is 5.78 Å². The lowest BCUT2D eigenvalue weighted by molar-refractivity contribution is -0.122. The number of likely N-dealkylation sites (tertiary alicyclic amines) is 2. The maximum Gasteiger partial charge on any atom is 0.320 e. The topological polar surface area (TPSA) is 40.6 Å². The van der Waals surface area contributed by atoms with Gasteiger partial charge in [0.2, 0.25) is 0 Å². The van der Waals surface area contributed by atoms with Crippen LogP contribution < -0.4 is 0 Å². The molecule has 3 rings (SSSR count). The number of ketones is 1. The van der Waals surface area contributed by atoms with Crippen LogP contribution in [-0.2, 0) is 4.79 Å².